The molecule has 0 radical (unpaired) electrons. The van der Waals surface area contributed by atoms with Crippen molar-refractivity contribution in [1.82, 2.24) is 5.32 Å². The Morgan fingerprint density at radius 1 is 1.26 bits per heavy atom. The predicted molar refractivity (Wildman–Crippen MR) is 107 cm³/mol. The minimum Gasteiger partial charge on any atom is -0.351 e. The molecule has 0 spiro atoms. The summed E-state index contributed by atoms with van der Waals surface area (Å²) in [6, 6.07) is 6.06. The first-order valence-electron chi connectivity index (χ1n) is 8.91. The zero-order valence-electron chi connectivity index (χ0n) is 15.8. The summed E-state index contributed by atoms with van der Waals surface area (Å²) in [5, 5.41) is 7.56. The first-order valence-corrected chi connectivity index (χ1v) is 10.8. The zero-order valence-corrected chi connectivity index (χ0v) is 17.3. The van der Waals surface area contributed by atoms with Crippen molar-refractivity contribution in [3.8, 4) is 0 Å². The average molecular weight is 476 g/mol. The molecule has 1 saturated carbocycles. The maximum atomic E-state index is 14.1. The maximum absolute atomic E-state index is 14.1. The van der Waals surface area contributed by atoms with E-state index in [0.29, 0.717) is 6.07 Å². The fraction of sp³-hybridized carbons (Fsp3) is 0.263. The molecule has 1 atom stereocenters. The Kier molecular flexibility index (Phi) is 6.30. The summed E-state index contributed by atoms with van der Waals surface area (Å²) in [6.07, 6.45) is -0.945. The standard InChI is InChI=1S/C19H17ClF3N3O4S/c20-16-4-2-1-3-15(16)17(18(28)25-12-8-19(22,23)9-12)26(10-27)13-5-11(21)6-14(7-13)31(24,29)30/h1-7,10,12,17H,8-9H2,(H,25,28)(H2,24,29,30). The first kappa shape index (κ1) is 23.0. The van der Waals surface area contributed by atoms with Crippen LogP contribution >= 0.6 is 11.6 Å². The van der Waals surface area contributed by atoms with Crippen LogP contribution in [0.3, 0.4) is 0 Å². The number of amides is 2. The molecule has 0 heterocycles. The Hall–Kier alpha value is -2.63. The molecule has 0 bridgehead atoms. The summed E-state index contributed by atoms with van der Waals surface area (Å²) >= 11 is 6.18. The monoisotopic (exact) mass is 475 g/mol. The second-order valence-corrected chi connectivity index (χ2v) is 9.07. The summed E-state index contributed by atoms with van der Waals surface area (Å²) in [4.78, 5) is 25.1. The lowest BCUT2D eigenvalue weighted by Crippen LogP contribution is -2.53. The Morgan fingerprint density at radius 2 is 1.90 bits per heavy atom. The molecule has 1 aliphatic rings. The fourth-order valence-corrected chi connectivity index (χ4v) is 4.09. The van der Waals surface area contributed by atoms with E-state index in [1.165, 1.54) is 18.2 Å². The molecule has 1 aliphatic carbocycles. The minimum absolute atomic E-state index is 0.0801. The summed E-state index contributed by atoms with van der Waals surface area (Å²) in [6.45, 7) is 0. The van der Waals surface area contributed by atoms with Gasteiger partial charge in [0.25, 0.3) is 5.92 Å². The van der Waals surface area contributed by atoms with Gasteiger partial charge in [-0.2, -0.15) is 0 Å². The van der Waals surface area contributed by atoms with Crippen molar-refractivity contribution in [3.05, 3.63) is 58.9 Å². The van der Waals surface area contributed by atoms with Crippen molar-refractivity contribution < 1.29 is 31.2 Å². The third kappa shape index (κ3) is 5.17. The summed E-state index contributed by atoms with van der Waals surface area (Å²) in [5.74, 6) is -4.76. The van der Waals surface area contributed by atoms with Gasteiger partial charge in [-0.25, -0.2) is 26.7 Å². The molecule has 0 aliphatic heterocycles. The molecule has 166 valence electrons. The SMILES string of the molecule is NS(=O)(=O)c1cc(F)cc(N(C=O)C(C(=O)NC2CC(F)(F)C2)c2ccccc2Cl)c1. The molecule has 12 heteroatoms. The highest BCUT2D eigenvalue weighted by Crippen LogP contribution is 2.38. The molecule has 31 heavy (non-hydrogen) atoms. The number of primary sulfonamides is 1. The Labute approximate surface area is 181 Å². The van der Waals surface area contributed by atoms with Gasteiger partial charge in [0.2, 0.25) is 22.3 Å². The van der Waals surface area contributed by atoms with Crippen LogP contribution in [-0.2, 0) is 19.6 Å². The van der Waals surface area contributed by atoms with E-state index >= 15 is 0 Å². The highest BCUT2D eigenvalue weighted by Gasteiger charge is 2.47. The molecule has 2 aromatic carbocycles. The number of nitrogens with one attached hydrogen (secondary N) is 1. The quantitative estimate of drug-likeness (QED) is 0.600. The van der Waals surface area contributed by atoms with Crippen LogP contribution < -0.4 is 15.4 Å². The largest absolute Gasteiger partial charge is 0.351 e. The molecule has 2 aromatic rings. The zero-order chi connectivity index (χ0) is 23.0. The van der Waals surface area contributed by atoms with Crippen LogP contribution in [-0.4, -0.2) is 32.7 Å². The van der Waals surface area contributed by atoms with Gasteiger partial charge in [0.15, 0.2) is 0 Å². The Morgan fingerprint density at radius 3 is 2.45 bits per heavy atom. The number of halogens is 4. The average Bonchev–Trinajstić information content (AvgIpc) is 2.64. The number of anilines is 1. The predicted octanol–water partition coefficient (Wildman–Crippen LogP) is 2.74. The first-order chi connectivity index (χ1) is 14.4. The van der Waals surface area contributed by atoms with Crippen LogP contribution in [0.25, 0.3) is 0 Å². The second-order valence-electron chi connectivity index (χ2n) is 7.10. The number of carbonyl (C=O) groups is 2. The van der Waals surface area contributed by atoms with Crippen molar-refractivity contribution in [1.29, 1.82) is 0 Å². The van der Waals surface area contributed by atoms with Gasteiger partial charge in [-0.1, -0.05) is 29.8 Å². The second kappa shape index (κ2) is 8.48. The van der Waals surface area contributed by atoms with Crippen LogP contribution in [0.1, 0.15) is 24.4 Å². The minimum atomic E-state index is -4.33. The van der Waals surface area contributed by atoms with E-state index in [1.54, 1.807) is 6.07 Å². The number of alkyl halides is 2. The number of nitrogens with two attached hydrogens (primary N) is 1. The van der Waals surface area contributed by atoms with E-state index < -0.39 is 57.5 Å². The van der Waals surface area contributed by atoms with Crippen LogP contribution in [0.2, 0.25) is 5.02 Å². The third-order valence-electron chi connectivity index (χ3n) is 4.76. The lowest BCUT2D eigenvalue weighted by Gasteiger charge is -2.37. The van der Waals surface area contributed by atoms with E-state index in [4.69, 9.17) is 16.7 Å². The Balaban J connectivity index is 2.05. The number of rotatable bonds is 7. The van der Waals surface area contributed by atoms with Crippen molar-refractivity contribution in [3.63, 3.8) is 0 Å². The van der Waals surface area contributed by atoms with Crippen LogP contribution in [0.5, 0.6) is 0 Å². The maximum Gasteiger partial charge on any atom is 0.252 e. The number of sulfonamides is 1. The third-order valence-corrected chi connectivity index (χ3v) is 6.00. The molecule has 1 unspecified atom stereocenters. The van der Waals surface area contributed by atoms with Gasteiger partial charge in [0.1, 0.15) is 11.9 Å². The number of benzene rings is 2. The van der Waals surface area contributed by atoms with Gasteiger partial charge in [-0.05, 0) is 24.3 Å². The van der Waals surface area contributed by atoms with Gasteiger partial charge in [-0.15, -0.1) is 0 Å². The highest BCUT2D eigenvalue weighted by molar-refractivity contribution is 7.89. The van der Waals surface area contributed by atoms with Gasteiger partial charge in [0.05, 0.1) is 4.90 Å². The number of hydrogen-bond donors (Lipinski definition) is 2. The summed E-state index contributed by atoms with van der Waals surface area (Å²) < 4.78 is 63.7. The summed E-state index contributed by atoms with van der Waals surface area (Å²) in [5.41, 5.74) is -0.167. The van der Waals surface area contributed by atoms with Gasteiger partial charge in [0, 0.05) is 35.2 Å². The number of nitrogens with zero attached hydrogens (tertiary/aromatic N) is 1. The number of hydrogen-bond acceptors (Lipinski definition) is 4. The molecule has 1 fully saturated rings. The van der Waals surface area contributed by atoms with Crippen LogP contribution in [0.4, 0.5) is 18.9 Å². The fourth-order valence-electron chi connectivity index (χ4n) is 3.29. The molecular weight excluding hydrogens is 459 g/mol. The van der Waals surface area contributed by atoms with E-state index in [2.05, 4.69) is 5.32 Å². The van der Waals surface area contributed by atoms with Crippen molar-refractivity contribution in [2.45, 2.75) is 35.7 Å². The molecule has 0 aromatic heterocycles. The summed E-state index contributed by atoms with van der Waals surface area (Å²) in [7, 11) is -4.33. The molecule has 3 N–H and O–H groups in total. The topological polar surface area (TPSA) is 110 Å². The van der Waals surface area contributed by atoms with Gasteiger partial charge < -0.3 is 5.32 Å². The normalized spacial score (nSPS) is 16.8. The van der Waals surface area contributed by atoms with Crippen molar-refractivity contribution in [2.75, 3.05) is 4.90 Å². The number of carbonyl (C=O) groups excluding carboxylic acids is 2. The van der Waals surface area contributed by atoms with Crippen molar-refractivity contribution >= 4 is 39.6 Å². The Bertz CT molecular complexity index is 1120. The molecule has 2 amide bonds. The highest BCUT2D eigenvalue weighted by atomic mass is 35.5. The van der Waals surface area contributed by atoms with E-state index in [-0.39, 0.29) is 22.7 Å². The van der Waals surface area contributed by atoms with Crippen LogP contribution in [0.15, 0.2) is 47.4 Å². The van der Waals surface area contributed by atoms with E-state index in [0.717, 1.165) is 17.0 Å². The van der Waals surface area contributed by atoms with E-state index in [1.807, 2.05) is 0 Å². The lowest BCUT2D eigenvalue weighted by molar-refractivity contribution is -0.131. The van der Waals surface area contributed by atoms with Crippen LogP contribution in [0, 0.1) is 5.82 Å². The van der Waals surface area contributed by atoms with E-state index in [9.17, 15) is 31.2 Å². The molecule has 7 nitrogen and oxygen atoms in total. The van der Waals surface area contributed by atoms with Gasteiger partial charge >= 0.3 is 0 Å². The lowest BCUT2D eigenvalue weighted by atomic mass is 9.87. The smallest absolute Gasteiger partial charge is 0.252 e. The van der Waals surface area contributed by atoms with Crippen molar-refractivity contribution in [2.24, 2.45) is 5.14 Å². The molecule has 3 rings (SSSR count). The molecular formula is C19H17ClF3N3O4S. The van der Waals surface area contributed by atoms with Gasteiger partial charge in [-0.3, -0.25) is 14.5 Å². The molecule has 0 saturated heterocycles.